The number of rotatable bonds is 4. The van der Waals surface area contributed by atoms with Crippen LogP contribution in [0.1, 0.15) is 20.1 Å². The first kappa shape index (κ1) is 12.3. The molecule has 0 aliphatic carbocycles. The van der Waals surface area contributed by atoms with E-state index in [4.69, 9.17) is 5.11 Å². The minimum Gasteiger partial charge on any atom is -0.477 e. The molecule has 0 saturated heterocycles. The first-order valence-corrected chi connectivity index (χ1v) is 6.83. The van der Waals surface area contributed by atoms with Crippen molar-refractivity contribution in [1.29, 1.82) is 0 Å². The molecule has 0 unspecified atom stereocenters. The molecule has 17 heavy (non-hydrogen) atoms. The van der Waals surface area contributed by atoms with Gasteiger partial charge < -0.3 is 5.11 Å². The van der Waals surface area contributed by atoms with Crippen molar-refractivity contribution in [2.45, 2.75) is 12.8 Å². The van der Waals surface area contributed by atoms with Crippen molar-refractivity contribution in [2.24, 2.45) is 0 Å². The molecule has 4 heteroatoms. The number of carbonyl (C=O) groups is 1. The minimum atomic E-state index is -0.868. The zero-order chi connectivity index (χ0) is 12.3. The Kier molecular flexibility index (Phi) is 3.97. The van der Waals surface area contributed by atoms with Gasteiger partial charge in [0, 0.05) is 9.35 Å². The smallest absolute Gasteiger partial charge is 0.347 e. The fourth-order valence-corrected chi connectivity index (χ4v) is 3.32. The van der Waals surface area contributed by atoms with Gasteiger partial charge in [-0.05, 0) is 40.4 Å². The summed E-state index contributed by atoms with van der Waals surface area (Å²) in [7, 11) is 0. The van der Waals surface area contributed by atoms with Gasteiger partial charge in [-0.25, -0.2) is 4.79 Å². The molecule has 1 aromatic heterocycles. The Labute approximate surface area is 112 Å². The Balaban J connectivity index is 2.05. The molecule has 2 nitrogen and oxygen atoms in total. The summed E-state index contributed by atoms with van der Waals surface area (Å²) >= 11 is 4.61. The number of aromatic carboxylic acids is 1. The van der Waals surface area contributed by atoms with E-state index in [1.54, 1.807) is 0 Å². The van der Waals surface area contributed by atoms with Crippen molar-refractivity contribution in [3.05, 3.63) is 56.2 Å². The average molecular weight is 311 g/mol. The van der Waals surface area contributed by atoms with Crippen molar-refractivity contribution < 1.29 is 9.90 Å². The number of thiophene rings is 1. The van der Waals surface area contributed by atoms with E-state index in [0.717, 1.165) is 17.7 Å². The molecule has 0 radical (unpaired) electrons. The lowest BCUT2D eigenvalue weighted by Gasteiger charge is -1.98. The lowest BCUT2D eigenvalue weighted by molar-refractivity contribution is 0.0701. The van der Waals surface area contributed by atoms with Crippen LogP contribution < -0.4 is 0 Å². The van der Waals surface area contributed by atoms with Crippen molar-refractivity contribution in [3.8, 4) is 0 Å². The van der Waals surface area contributed by atoms with E-state index >= 15 is 0 Å². The van der Waals surface area contributed by atoms with E-state index < -0.39 is 5.97 Å². The van der Waals surface area contributed by atoms with E-state index in [9.17, 15) is 4.79 Å². The maximum absolute atomic E-state index is 10.9. The fraction of sp³-hybridized carbons (Fsp3) is 0.154. The highest BCUT2D eigenvalue weighted by atomic mass is 79.9. The lowest BCUT2D eigenvalue weighted by Crippen LogP contribution is -1.91. The number of hydrogen-bond donors (Lipinski definition) is 1. The number of carboxylic acid groups (broad SMARTS) is 1. The highest BCUT2D eigenvalue weighted by Gasteiger charge is 2.12. The number of halogens is 1. The molecular formula is C13H11BrO2S. The average Bonchev–Trinajstić information content (AvgIpc) is 2.69. The number of carboxylic acids is 1. The zero-order valence-corrected chi connectivity index (χ0v) is 11.4. The molecule has 0 fully saturated rings. The topological polar surface area (TPSA) is 37.3 Å². The fourth-order valence-electron chi connectivity index (χ4n) is 1.60. The third kappa shape index (κ3) is 3.17. The Morgan fingerprint density at radius 3 is 2.53 bits per heavy atom. The van der Waals surface area contributed by atoms with Gasteiger partial charge in [0.1, 0.15) is 4.88 Å². The van der Waals surface area contributed by atoms with Crippen molar-refractivity contribution >= 4 is 33.2 Å². The second-order valence-electron chi connectivity index (χ2n) is 3.68. The molecular weight excluding hydrogens is 300 g/mol. The summed E-state index contributed by atoms with van der Waals surface area (Å²) in [6, 6.07) is 12.1. The van der Waals surface area contributed by atoms with Gasteiger partial charge >= 0.3 is 5.97 Å². The predicted octanol–water partition coefficient (Wildman–Crippen LogP) is 3.99. The molecule has 0 aliphatic heterocycles. The normalized spacial score (nSPS) is 10.4. The standard InChI is InChI=1S/C13H11BrO2S/c14-11-8-10(17-12(11)13(15)16)7-6-9-4-2-1-3-5-9/h1-5,8H,6-7H2,(H,15,16). The number of benzene rings is 1. The van der Waals surface area contributed by atoms with Crippen LogP contribution in [0.15, 0.2) is 40.9 Å². The van der Waals surface area contributed by atoms with Gasteiger partial charge in [0.15, 0.2) is 0 Å². The Morgan fingerprint density at radius 2 is 1.94 bits per heavy atom. The van der Waals surface area contributed by atoms with Crippen LogP contribution in [0, 0.1) is 0 Å². The van der Waals surface area contributed by atoms with Crippen LogP contribution >= 0.6 is 27.3 Å². The van der Waals surface area contributed by atoms with E-state index in [1.807, 2.05) is 24.3 Å². The lowest BCUT2D eigenvalue weighted by atomic mass is 10.1. The van der Waals surface area contributed by atoms with Crippen molar-refractivity contribution in [1.82, 2.24) is 0 Å². The Bertz CT molecular complexity index is 519. The molecule has 0 atom stereocenters. The maximum atomic E-state index is 10.9. The van der Waals surface area contributed by atoms with Gasteiger partial charge in [0.05, 0.1) is 0 Å². The van der Waals surface area contributed by atoms with Crippen LogP contribution in [0.4, 0.5) is 0 Å². The van der Waals surface area contributed by atoms with Crippen molar-refractivity contribution in [3.63, 3.8) is 0 Å². The van der Waals surface area contributed by atoms with E-state index in [2.05, 4.69) is 28.1 Å². The van der Waals surface area contributed by atoms with Gasteiger partial charge in [0.25, 0.3) is 0 Å². The summed E-state index contributed by atoms with van der Waals surface area (Å²) in [6.07, 6.45) is 1.81. The van der Waals surface area contributed by atoms with Crippen LogP contribution in [0.5, 0.6) is 0 Å². The molecule has 1 aromatic carbocycles. The Hall–Kier alpha value is -1.13. The van der Waals surface area contributed by atoms with Gasteiger partial charge in [-0.15, -0.1) is 11.3 Å². The molecule has 2 rings (SSSR count). The van der Waals surface area contributed by atoms with Crippen LogP contribution in [0.2, 0.25) is 0 Å². The van der Waals surface area contributed by atoms with Gasteiger partial charge in [0.2, 0.25) is 0 Å². The molecule has 88 valence electrons. The summed E-state index contributed by atoms with van der Waals surface area (Å²) in [5.41, 5.74) is 1.27. The second-order valence-corrected chi connectivity index (χ2v) is 5.67. The largest absolute Gasteiger partial charge is 0.477 e. The molecule has 0 amide bonds. The van der Waals surface area contributed by atoms with E-state index in [0.29, 0.717) is 9.35 Å². The quantitative estimate of drug-likeness (QED) is 0.927. The van der Waals surface area contributed by atoms with Gasteiger partial charge in [-0.2, -0.15) is 0 Å². The van der Waals surface area contributed by atoms with Crippen molar-refractivity contribution in [2.75, 3.05) is 0 Å². The summed E-state index contributed by atoms with van der Waals surface area (Å²) in [5, 5.41) is 8.94. The monoisotopic (exact) mass is 310 g/mol. The molecule has 2 aromatic rings. The van der Waals surface area contributed by atoms with Gasteiger partial charge in [-0.1, -0.05) is 30.3 Å². The summed E-state index contributed by atoms with van der Waals surface area (Å²) in [4.78, 5) is 12.4. The van der Waals surface area contributed by atoms with E-state index in [-0.39, 0.29) is 0 Å². The first-order valence-electron chi connectivity index (χ1n) is 5.22. The summed E-state index contributed by atoms with van der Waals surface area (Å²) < 4.78 is 0.679. The molecule has 0 bridgehead atoms. The molecule has 0 aliphatic rings. The molecule has 0 saturated carbocycles. The molecule has 1 N–H and O–H groups in total. The Morgan fingerprint density at radius 1 is 1.24 bits per heavy atom. The summed E-state index contributed by atoms with van der Waals surface area (Å²) in [6.45, 7) is 0. The van der Waals surface area contributed by atoms with Crippen LogP contribution in [-0.2, 0) is 12.8 Å². The molecule has 0 spiro atoms. The van der Waals surface area contributed by atoms with E-state index in [1.165, 1.54) is 16.9 Å². The van der Waals surface area contributed by atoms with Crippen LogP contribution in [-0.4, -0.2) is 11.1 Å². The first-order chi connectivity index (χ1) is 8.16. The van der Waals surface area contributed by atoms with Crippen LogP contribution in [0.3, 0.4) is 0 Å². The number of aryl methyl sites for hydroxylation is 2. The summed E-state index contributed by atoms with van der Waals surface area (Å²) in [5.74, 6) is -0.868. The van der Waals surface area contributed by atoms with Crippen LogP contribution in [0.25, 0.3) is 0 Å². The van der Waals surface area contributed by atoms with Gasteiger partial charge in [-0.3, -0.25) is 0 Å². The zero-order valence-electron chi connectivity index (χ0n) is 9.02. The number of hydrogen-bond acceptors (Lipinski definition) is 2. The maximum Gasteiger partial charge on any atom is 0.347 e. The predicted molar refractivity (Wildman–Crippen MR) is 72.8 cm³/mol. The second kappa shape index (κ2) is 5.47. The third-order valence-electron chi connectivity index (χ3n) is 2.43. The third-order valence-corrected chi connectivity index (χ3v) is 4.51. The SMILES string of the molecule is O=C(O)c1sc(CCc2ccccc2)cc1Br. The molecule has 1 heterocycles. The highest BCUT2D eigenvalue weighted by Crippen LogP contribution is 2.28. The minimum absolute atomic E-state index is 0.382. The highest BCUT2D eigenvalue weighted by molar-refractivity contribution is 9.10.